The molecule has 140 valence electrons. The third-order valence-corrected chi connectivity index (χ3v) is 5.53. The largest absolute Gasteiger partial charge is 0.445 e. The molecule has 1 N–H and O–H groups in total. The third-order valence-electron chi connectivity index (χ3n) is 5.53. The second-order valence-electron chi connectivity index (χ2n) is 7.57. The van der Waals surface area contributed by atoms with E-state index >= 15 is 0 Å². The number of amides is 1. The number of oxazole rings is 1. The van der Waals surface area contributed by atoms with Crippen LogP contribution in [0.25, 0.3) is 0 Å². The van der Waals surface area contributed by atoms with E-state index in [0.717, 1.165) is 62.7 Å². The van der Waals surface area contributed by atoms with Gasteiger partial charge in [0.15, 0.2) is 5.89 Å². The van der Waals surface area contributed by atoms with Gasteiger partial charge < -0.3 is 19.4 Å². The van der Waals surface area contributed by atoms with E-state index < -0.39 is 0 Å². The quantitative estimate of drug-likeness (QED) is 0.866. The molecular weight excluding hydrogens is 342 g/mol. The zero-order valence-electron chi connectivity index (χ0n) is 15.0. The van der Waals surface area contributed by atoms with Crippen molar-refractivity contribution in [3.63, 3.8) is 0 Å². The van der Waals surface area contributed by atoms with Crippen molar-refractivity contribution in [2.75, 3.05) is 19.7 Å². The lowest BCUT2D eigenvalue weighted by molar-refractivity contribution is -0.140. The Labute approximate surface area is 155 Å². The molecule has 0 radical (unpaired) electrons. The van der Waals surface area contributed by atoms with Gasteiger partial charge in [0.2, 0.25) is 5.91 Å². The predicted octanol–water partition coefficient (Wildman–Crippen LogP) is 2.26. The minimum Gasteiger partial charge on any atom is -0.445 e. The molecule has 3 atom stereocenters. The van der Waals surface area contributed by atoms with Gasteiger partial charge in [-0.3, -0.25) is 4.79 Å². The van der Waals surface area contributed by atoms with Crippen molar-refractivity contribution in [2.45, 2.75) is 64.1 Å². The maximum Gasteiger partial charge on any atom is 0.226 e. The van der Waals surface area contributed by atoms with E-state index in [1.807, 2.05) is 4.90 Å². The highest BCUT2D eigenvalue weighted by molar-refractivity contribution is 5.85. The van der Waals surface area contributed by atoms with Crippen LogP contribution in [0.5, 0.6) is 0 Å². The fourth-order valence-corrected chi connectivity index (χ4v) is 4.15. The average molecular weight is 370 g/mol. The van der Waals surface area contributed by atoms with Crippen LogP contribution in [-0.4, -0.2) is 47.6 Å². The molecule has 1 aromatic heterocycles. The Bertz CT molecular complexity index is 619. The molecule has 4 rings (SSSR count). The number of hydrogen-bond donors (Lipinski definition) is 1. The van der Waals surface area contributed by atoms with Crippen molar-refractivity contribution in [2.24, 2.45) is 5.92 Å². The molecule has 0 bridgehead atoms. The summed E-state index contributed by atoms with van der Waals surface area (Å²) in [6.07, 6.45) is 3.87. The van der Waals surface area contributed by atoms with Gasteiger partial charge in [-0.2, -0.15) is 0 Å². The summed E-state index contributed by atoms with van der Waals surface area (Å²) in [6, 6.07) is 0.335. The van der Waals surface area contributed by atoms with E-state index in [9.17, 15) is 4.79 Å². The number of ether oxygens (including phenoxy) is 1. The first-order chi connectivity index (χ1) is 11.6. The first kappa shape index (κ1) is 18.7. The topological polar surface area (TPSA) is 67.6 Å². The smallest absolute Gasteiger partial charge is 0.226 e. The number of hydrogen-bond acceptors (Lipinski definition) is 5. The monoisotopic (exact) mass is 369 g/mol. The number of nitrogens with zero attached hydrogens (tertiary/aromatic N) is 2. The Morgan fingerprint density at radius 2 is 2.20 bits per heavy atom. The molecule has 3 heterocycles. The van der Waals surface area contributed by atoms with Crippen molar-refractivity contribution in [1.29, 1.82) is 0 Å². The maximum atomic E-state index is 13.0. The molecule has 1 aromatic rings. The lowest BCUT2D eigenvalue weighted by Gasteiger charge is -2.40. The number of aromatic nitrogens is 1. The third kappa shape index (κ3) is 3.71. The number of carbonyl (C=O) groups excluding carboxylic acids is 1. The zero-order chi connectivity index (χ0) is 16.7. The second-order valence-corrected chi connectivity index (χ2v) is 7.57. The van der Waals surface area contributed by atoms with Gasteiger partial charge in [0.05, 0.1) is 19.3 Å². The highest BCUT2D eigenvalue weighted by atomic mass is 35.5. The summed E-state index contributed by atoms with van der Waals surface area (Å²) in [5.41, 5.74) is 0.950. The van der Waals surface area contributed by atoms with Gasteiger partial charge in [0.25, 0.3) is 0 Å². The van der Waals surface area contributed by atoms with E-state index in [1.54, 1.807) is 0 Å². The van der Waals surface area contributed by atoms with Crippen molar-refractivity contribution in [1.82, 2.24) is 15.2 Å². The van der Waals surface area contributed by atoms with Crippen LogP contribution in [0.2, 0.25) is 0 Å². The Morgan fingerprint density at radius 1 is 1.36 bits per heavy atom. The van der Waals surface area contributed by atoms with Crippen molar-refractivity contribution in [3.8, 4) is 0 Å². The molecule has 0 unspecified atom stereocenters. The van der Waals surface area contributed by atoms with Gasteiger partial charge in [-0.05, 0) is 19.3 Å². The summed E-state index contributed by atoms with van der Waals surface area (Å²) < 4.78 is 11.7. The molecule has 25 heavy (non-hydrogen) atoms. The number of fused-ring (bicyclic) bond motifs is 2. The minimum absolute atomic E-state index is 0. The van der Waals surface area contributed by atoms with Crippen LogP contribution in [0, 0.1) is 5.92 Å². The SMILES string of the molecule is CC(C)c1nc2c(o1)CCN(C(=O)[C@H]1CC[C@H]3OCCN[C@@H]3C1)C2.Cl. The molecule has 3 aliphatic rings. The van der Waals surface area contributed by atoms with Crippen molar-refractivity contribution in [3.05, 3.63) is 17.3 Å². The zero-order valence-corrected chi connectivity index (χ0v) is 15.8. The van der Waals surface area contributed by atoms with Crippen LogP contribution >= 0.6 is 12.4 Å². The van der Waals surface area contributed by atoms with Crippen LogP contribution in [0.15, 0.2) is 4.42 Å². The fourth-order valence-electron chi connectivity index (χ4n) is 4.15. The Balaban J connectivity index is 0.00000182. The summed E-state index contributed by atoms with van der Waals surface area (Å²) in [6.45, 7) is 7.19. The molecule has 2 aliphatic heterocycles. The van der Waals surface area contributed by atoms with Gasteiger partial charge in [-0.1, -0.05) is 13.8 Å². The molecule has 1 saturated heterocycles. The number of carbonyl (C=O) groups is 1. The van der Waals surface area contributed by atoms with E-state index in [1.165, 1.54) is 0 Å². The van der Waals surface area contributed by atoms with Crippen molar-refractivity contribution >= 4 is 18.3 Å². The van der Waals surface area contributed by atoms with Crippen LogP contribution < -0.4 is 5.32 Å². The molecule has 1 saturated carbocycles. The Hall–Kier alpha value is -1.11. The van der Waals surface area contributed by atoms with Crippen molar-refractivity contribution < 1.29 is 13.9 Å². The number of morpholine rings is 1. The van der Waals surface area contributed by atoms with Gasteiger partial charge in [-0.25, -0.2) is 4.98 Å². The standard InChI is InChI=1S/C18H27N3O3.ClH/c1-11(2)17-20-14-10-21(7-5-16(14)24-17)18(22)12-3-4-15-13(9-12)19-6-8-23-15;/h11-13,15,19H,3-10H2,1-2H3;1H/t12-,13+,15+;/m0./s1. The van der Waals surface area contributed by atoms with Gasteiger partial charge in [0.1, 0.15) is 11.5 Å². The minimum atomic E-state index is 0. The highest BCUT2D eigenvalue weighted by Crippen LogP contribution is 2.31. The molecule has 7 heteroatoms. The Morgan fingerprint density at radius 3 is 3.00 bits per heavy atom. The molecule has 2 fully saturated rings. The Kier molecular flexibility index (Phi) is 5.71. The van der Waals surface area contributed by atoms with Gasteiger partial charge in [-0.15, -0.1) is 12.4 Å². The summed E-state index contributed by atoms with van der Waals surface area (Å²) >= 11 is 0. The molecule has 6 nitrogen and oxygen atoms in total. The molecule has 0 spiro atoms. The molecule has 0 aromatic carbocycles. The predicted molar refractivity (Wildman–Crippen MR) is 95.8 cm³/mol. The number of nitrogens with one attached hydrogen (secondary N) is 1. The van der Waals surface area contributed by atoms with Gasteiger partial charge >= 0.3 is 0 Å². The van der Waals surface area contributed by atoms with Crippen LogP contribution in [0.3, 0.4) is 0 Å². The lowest BCUT2D eigenvalue weighted by atomic mass is 9.82. The van der Waals surface area contributed by atoms with E-state index in [0.29, 0.717) is 18.7 Å². The van der Waals surface area contributed by atoms with E-state index in [4.69, 9.17) is 9.15 Å². The van der Waals surface area contributed by atoms with E-state index in [-0.39, 0.29) is 30.2 Å². The normalized spacial score (nSPS) is 28.9. The van der Waals surface area contributed by atoms with Gasteiger partial charge in [0, 0.05) is 37.4 Å². The lowest BCUT2D eigenvalue weighted by Crippen LogP contribution is -2.53. The average Bonchev–Trinajstić information content (AvgIpc) is 3.04. The number of halogens is 1. The summed E-state index contributed by atoms with van der Waals surface area (Å²) in [4.78, 5) is 19.6. The number of rotatable bonds is 2. The first-order valence-electron chi connectivity index (χ1n) is 9.24. The first-order valence-corrected chi connectivity index (χ1v) is 9.24. The van der Waals surface area contributed by atoms with Crippen LogP contribution in [0.4, 0.5) is 0 Å². The maximum absolute atomic E-state index is 13.0. The van der Waals surface area contributed by atoms with Crippen LogP contribution in [-0.2, 0) is 22.5 Å². The summed E-state index contributed by atoms with van der Waals surface area (Å²) in [5.74, 6) is 2.43. The highest BCUT2D eigenvalue weighted by Gasteiger charge is 2.38. The van der Waals surface area contributed by atoms with Crippen LogP contribution in [0.1, 0.15) is 56.4 Å². The molecular formula is C18H28ClN3O3. The second kappa shape index (κ2) is 7.64. The summed E-state index contributed by atoms with van der Waals surface area (Å²) in [5, 5.41) is 3.52. The summed E-state index contributed by atoms with van der Waals surface area (Å²) in [7, 11) is 0. The van der Waals surface area contributed by atoms with E-state index in [2.05, 4.69) is 24.1 Å². The molecule has 1 aliphatic carbocycles. The molecule has 1 amide bonds. The fraction of sp³-hybridized carbons (Fsp3) is 0.778.